The summed E-state index contributed by atoms with van der Waals surface area (Å²) < 4.78 is 5.49. The van der Waals surface area contributed by atoms with E-state index in [2.05, 4.69) is 10.3 Å². The van der Waals surface area contributed by atoms with E-state index >= 15 is 0 Å². The Morgan fingerprint density at radius 3 is 2.95 bits per heavy atom. The molecule has 0 unspecified atom stereocenters. The van der Waals surface area contributed by atoms with Gasteiger partial charge in [0.2, 0.25) is 5.82 Å². The number of nitrogens with one attached hydrogen (secondary N) is 1. The smallest absolute Gasteiger partial charge is 0.311 e. The second kappa shape index (κ2) is 6.56. The highest BCUT2D eigenvalue weighted by molar-refractivity contribution is 5.56. The van der Waals surface area contributed by atoms with E-state index in [1.807, 2.05) is 0 Å². The van der Waals surface area contributed by atoms with Gasteiger partial charge in [-0.3, -0.25) is 10.1 Å². The van der Waals surface area contributed by atoms with E-state index in [1.165, 1.54) is 6.07 Å². The number of nitro groups is 1. The fraction of sp³-hybridized carbons (Fsp3) is 0.214. The lowest BCUT2D eigenvalue weighted by molar-refractivity contribution is -0.384. The average molecular weight is 288 g/mol. The maximum absolute atomic E-state index is 10.9. The zero-order valence-electron chi connectivity index (χ0n) is 11.6. The van der Waals surface area contributed by atoms with Crippen LogP contribution in [-0.4, -0.2) is 23.1 Å². The predicted octanol–water partition coefficient (Wildman–Crippen LogP) is 2.37. The quantitative estimate of drug-likeness (QED) is 0.366. The maximum atomic E-state index is 10.9. The number of hydrogen-bond acceptors (Lipinski definition) is 6. The van der Waals surface area contributed by atoms with Gasteiger partial charge < -0.3 is 15.8 Å². The molecule has 1 aromatic carbocycles. The molecule has 3 N–H and O–H groups in total. The molecule has 0 spiro atoms. The molecule has 2 rings (SSSR count). The number of nitrogens with zero attached hydrogens (tertiary/aromatic N) is 2. The van der Waals surface area contributed by atoms with Crippen LogP contribution in [0.25, 0.3) is 0 Å². The minimum atomic E-state index is -0.457. The van der Waals surface area contributed by atoms with E-state index in [-0.39, 0.29) is 11.5 Å². The van der Waals surface area contributed by atoms with Crippen molar-refractivity contribution in [1.29, 1.82) is 0 Å². The van der Waals surface area contributed by atoms with Gasteiger partial charge in [-0.2, -0.15) is 0 Å². The van der Waals surface area contributed by atoms with E-state index in [0.29, 0.717) is 24.6 Å². The van der Waals surface area contributed by atoms with Crippen molar-refractivity contribution in [2.75, 3.05) is 24.2 Å². The molecule has 0 aliphatic heterocycles. The van der Waals surface area contributed by atoms with E-state index in [4.69, 9.17) is 10.5 Å². The third kappa shape index (κ3) is 4.07. The Balaban J connectivity index is 1.90. The van der Waals surface area contributed by atoms with Crippen molar-refractivity contribution in [3.63, 3.8) is 0 Å². The van der Waals surface area contributed by atoms with Gasteiger partial charge in [0.05, 0.1) is 11.5 Å². The second-order valence-electron chi connectivity index (χ2n) is 4.49. The summed E-state index contributed by atoms with van der Waals surface area (Å²) in [5, 5.41) is 13.8. The Hall–Kier alpha value is -2.83. The zero-order chi connectivity index (χ0) is 15.2. The Labute approximate surface area is 121 Å². The SMILES string of the molecule is Cc1cnc(NCCOc2cccc(N)c2)c([N+](=O)[O-])c1. The first-order valence-corrected chi connectivity index (χ1v) is 6.39. The van der Waals surface area contributed by atoms with Gasteiger partial charge in [0.25, 0.3) is 0 Å². The van der Waals surface area contributed by atoms with Gasteiger partial charge >= 0.3 is 5.69 Å². The van der Waals surface area contributed by atoms with Gasteiger partial charge in [-0.25, -0.2) is 4.98 Å². The molecular formula is C14H16N4O3. The molecule has 0 amide bonds. The lowest BCUT2D eigenvalue weighted by Gasteiger charge is -2.09. The molecule has 0 bridgehead atoms. The number of nitrogen functional groups attached to an aromatic ring is 1. The Kier molecular flexibility index (Phi) is 4.55. The number of anilines is 2. The first kappa shape index (κ1) is 14.6. The lowest BCUT2D eigenvalue weighted by Crippen LogP contribution is -2.13. The number of aromatic nitrogens is 1. The van der Waals surface area contributed by atoms with Crippen molar-refractivity contribution in [2.24, 2.45) is 0 Å². The van der Waals surface area contributed by atoms with E-state index in [9.17, 15) is 10.1 Å². The minimum absolute atomic E-state index is 0.0426. The maximum Gasteiger partial charge on any atom is 0.311 e. The summed E-state index contributed by atoms with van der Waals surface area (Å²) in [5.74, 6) is 0.893. The molecule has 7 heteroatoms. The Morgan fingerprint density at radius 2 is 2.24 bits per heavy atom. The molecule has 1 heterocycles. The van der Waals surface area contributed by atoms with Crippen molar-refractivity contribution in [1.82, 2.24) is 4.98 Å². The molecule has 7 nitrogen and oxygen atoms in total. The third-order valence-electron chi connectivity index (χ3n) is 2.72. The molecule has 110 valence electrons. The van der Waals surface area contributed by atoms with Gasteiger partial charge in [0.15, 0.2) is 0 Å². The van der Waals surface area contributed by atoms with Crippen molar-refractivity contribution in [2.45, 2.75) is 6.92 Å². The first-order chi connectivity index (χ1) is 10.1. The number of nitrogens with two attached hydrogens (primary N) is 1. The fourth-order valence-corrected chi connectivity index (χ4v) is 1.77. The number of benzene rings is 1. The molecule has 0 saturated carbocycles. The predicted molar refractivity (Wildman–Crippen MR) is 80.5 cm³/mol. The highest BCUT2D eigenvalue weighted by atomic mass is 16.6. The molecule has 21 heavy (non-hydrogen) atoms. The van der Waals surface area contributed by atoms with Crippen molar-refractivity contribution in [3.8, 4) is 5.75 Å². The number of rotatable bonds is 6. The summed E-state index contributed by atoms with van der Waals surface area (Å²) >= 11 is 0. The summed E-state index contributed by atoms with van der Waals surface area (Å²) in [6.45, 7) is 2.49. The van der Waals surface area contributed by atoms with Crippen LogP contribution in [0.15, 0.2) is 36.5 Å². The molecule has 0 aliphatic carbocycles. The van der Waals surface area contributed by atoms with Crippen LogP contribution in [0.2, 0.25) is 0 Å². The monoisotopic (exact) mass is 288 g/mol. The first-order valence-electron chi connectivity index (χ1n) is 6.39. The van der Waals surface area contributed by atoms with Crippen molar-refractivity contribution >= 4 is 17.2 Å². The summed E-state index contributed by atoms with van der Waals surface area (Å²) in [6.07, 6.45) is 1.58. The van der Waals surface area contributed by atoms with Crippen LogP contribution in [0.4, 0.5) is 17.2 Å². The largest absolute Gasteiger partial charge is 0.492 e. The third-order valence-corrected chi connectivity index (χ3v) is 2.72. The van der Waals surface area contributed by atoms with Crippen LogP contribution in [0.5, 0.6) is 5.75 Å². The number of pyridine rings is 1. The summed E-state index contributed by atoms with van der Waals surface area (Å²) in [5.41, 5.74) is 6.96. The van der Waals surface area contributed by atoms with Crippen LogP contribution >= 0.6 is 0 Å². The molecule has 1 aromatic heterocycles. The molecule has 2 aromatic rings. The number of ether oxygens (including phenoxy) is 1. The number of hydrogen-bond donors (Lipinski definition) is 2. The standard InChI is InChI=1S/C14H16N4O3/c1-10-7-13(18(19)20)14(17-9-10)16-5-6-21-12-4-2-3-11(15)8-12/h2-4,7-9H,5-6,15H2,1H3,(H,16,17). The highest BCUT2D eigenvalue weighted by Gasteiger charge is 2.14. The summed E-state index contributed by atoms with van der Waals surface area (Å²) in [4.78, 5) is 14.5. The van der Waals surface area contributed by atoms with Gasteiger partial charge in [-0.15, -0.1) is 0 Å². The number of aryl methyl sites for hydroxylation is 1. The van der Waals surface area contributed by atoms with Gasteiger partial charge in [0, 0.05) is 24.0 Å². The molecule has 0 saturated heterocycles. The Morgan fingerprint density at radius 1 is 1.43 bits per heavy atom. The molecule has 0 fully saturated rings. The average Bonchev–Trinajstić information content (AvgIpc) is 2.44. The highest BCUT2D eigenvalue weighted by Crippen LogP contribution is 2.22. The molecule has 0 aliphatic rings. The molecule has 0 radical (unpaired) electrons. The minimum Gasteiger partial charge on any atom is -0.492 e. The normalized spacial score (nSPS) is 10.1. The zero-order valence-corrected chi connectivity index (χ0v) is 11.6. The Bertz CT molecular complexity index is 646. The molecule has 0 atom stereocenters. The molecular weight excluding hydrogens is 272 g/mol. The van der Waals surface area contributed by atoms with Gasteiger partial charge in [-0.1, -0.05) is 6.07 Å². The summed E-state index contributed by atoms with van der Waals surface area (Å²) in [7, 11) is 0. The van der Waals surface area contributed by atoms with Crippen LogP contribution < -0.4 is 15.8 Å². The van der Waals surface area contributed by atoms with E-state index < -0.39 is 4.92 Å². The van der Waals surface area contributed by atoms with Crippen LogP contribution in [0, 0.1) is 17.0 Å². The van der Waals surface area contributed by atoms with E-state index in [1.54, 1.807) is 37.4 Å². The van der Waals surface area contributed by atoms with Crippen LogP contribution in [0.1, 0.15) is 5.56 Å². The van der Waals surface area contributed by atoms with Crippen molar-refractivity contribution in [3.05, 3.63) is 52.2 Å². The van der Waals surface area contributed by atoms with Gasteiger partial charge in [-0.05, 0) is 24.6 Å². The van der Waals surface area contributed by atoms with E-state index in [0.717, 1.165) is 5.56 Å². The second-order valence-corrected chi connectivity index (χ2v) is 4.49. The fourth-order valence-electron chi connectivity index (χ4n) is 1.77. The lowest BCUT2D eigenvalue weighted by atomic mass is 10.3. The van der Waals surface area contributed by atoms with Crippen molar-refractivity contribution < 1.29 is 9.66 Å². The summed E-state index contributed by atoms with van der Waals surface area (Å²) in [6, 6.07) is 8.55. The van der Waals surface area contributed by atoms with Crippen LogP contribution in [0.3, 0.4) is 0 Å². The van der Waals surface area contributed by atoms with Gasteiger partial charge in [0.1, 0.15) is 12.4 Å². The van der Waals surface area contributed by atoms with Crippen LogP contribution in [-0.2, 0) is 0 Å². The topological polar surface area (TPSA) is 103 Å².